The Morgan fingerprint density at radius 2 is 1.84 bits per heavy atom. The molecule has 1 aromatic heterocycles. The zero-order valence-corrected chi connectivity index (χ0v) is 25.9. The van der Waals surface area contributed by atoms with E-state index in [1.54, 1.807) is 29.2 Å². The summed E-state index contributed by atoms with van der Waals surface area (Å²) in [6, 6.07) is 22.3. The third kappa shape index (κ3) is 7.03. The number of benzene rings is 3. The zero-order valence-electron chi connectivity index (χ0n) is 25.2. The van der Waals surface area contributed by atoms with Gasteiger partial charge < -0.3 is 15.0 Å². The molecule has 1 saturated heterocycles. The second-order valence-electron chi connectivity index (χ2n) is 12.5. The number of anilines is 1. The Kier molecular flexibility index (Phi) is 9.08. The fourth-order valence-electron chi connectivity index (χ4n) is 5.74. The van der Waals surface area contributed by atoms with Crippen LogP contribution in [0.4, 0.5) is 10.7 Å². The maximum Gasteiger partial charge on any atom is 0.408 e. The topological polar surface area (TPSA) is 99.5 Å². The fourth-order valence-corrected chi connectivity index (χ4v) is 5.87. The molecular weight excluding hydrogens is 562 g/mol. The van der Waals surface area contributed by atoms with Gasteiger partial charge >= 0.3 is 6.09 Å². The molecule has 226 valence electrons. The lowest BCUT2D eigenvalue weighted by Crippen LogP contribution is -2.47. The van der Waals surface area contributed by atoms with Gasteiger partial charge in [0, 0.05) is 29.2 Å². The molecule has 1 aliphatic heterocycles. The van der Waals surface area contributed by atoms with Crippen molar-refractivity contribution in [3.05, 3.63) is 94.5 Å². The van der Waals surface area contributed by atoms with Gasteiger partial charge in [0.05, 0.1) is 17.1 Å². The molecule has 8 nitrogen and oxygen atoms in total. The average molecular weight is 602 g/mol. The van der Waals surface area contributed by atoms with E-state index in [0.29, 0.717) is 35.0 Å². The van der Waals surface area contributed by atoms with Crippen molar-refractivity contribution in [1.29, 1.82) is 0 Å². The number of imidazole rings is 1. The molecule has 0 aliphatic carbocycles. The molecule has 2 heterocycles. The second-order valence-corrected chi connectivity index (χ2v) is 12.9. The Balaban J connectivity index is 1.57. The molecule has 43 heavy (non-hydrogen) atoms. The molecule has 0 spiro atoms. The highest BCUT2D eigenvalue weighted by Gasteiger charge is 2.36. The molecule has 4 aromatic rings. The van der Waals surface area contributed by atoms with E-state index in [-0.39, 0.29) is 23.4 Å². The van der Waals surface area contributed by atoms with Gasteiger partial charge in [0.25, 0.3) is 5.91 Å². The predicted molar refractivity (Wildman–Crippen MR) is 172 cm³/mol. The van der Waals surface area contributed by atoms with E-state index in [1.165, 1.54) is 0 Å². The molecule has 9 heteroatoms. The summed E-state index contributed by atoms with van der Waals surface area (Å²) < 4.78 is 2.05. The lowest BCUT2D eigenvalue weighted by molar-refractivity contribution is 0.0620. The van der Waals surface area contributed by atoms with E-state index in [9.17, 15) is 14.7 Å². The van der Waals surface area contributed by atoms with Crippen LogP contribution in [-0.2, 0) is 13.0 Å². The number of carbonyl (C=O) groups excluding carboxylic acids is 1. The van der Waals surface area contributed by atoms with Crippen molar-refractivity contribution in [3.63, 3.8) is 0 Å². The van der Waals surface area contributed by atoms with Gasteiger partial charge in [0.2, 0.25) is 5.95 Å². The summed E-state index contributed by atoms with van der Waals surface area (Å²) in [6.07, 6.45) is 1.70. The standard InChI is InChI=1S/C34H40ClN5O3/c1-22(34(2,3)4)40(33(42)43)30(19-23-9-6-5-7-10-23)25-14-17-29-28(20-25)37-32(39(29)21-27-11-8-18-36-27)38-31(41)24-12-15-26(35)16-13-24/h5-7,9-10,12-17,20,22,27,30,36H,8,11,18-19,21H2,1-4H3,(H,42,43)(H,37,38,41). The lowest BCUT2D eigenvalue weighted by atomic mass is 9.84. The van der Waals surface area contributed by atoms with Crippen molar-refractivity contribution in [2.24, 2.45) is 5.41 Å². The molecule has 3 N–H and O–H groups in total. The first-order chi connectivity index (χ1) is 20.5. The number of hydrogen-bond acceptors (Lipinski definition) is 4. The van der Waals surface area contributed by atoms with Crippen LogP contribution < -0.4 is 10.6 Å². The lowest BCUT2D eigenvalue weighted by Gasteiger charge is -2.41. The quantitative estimate of drug-likeness (QED) is 0.186. The monoisotopic (exact) mass is 601 g/mol. The molecule has 0 radical (unpaired) electrons. The normalized spacial score (nSPS) is 16.6. The van der Waals surface area contributed by atoms with Gasteiger partial charge in [-0.2, -0.15) is 0 Å². The molecule has 1 aliphatic rings. The molecule has 0 saturated carbocycles. The van der Waals surface area contributed by atoms with Crippen LogP contribution in [-0.4, -0.2) is 50.2 Å². The minimum Gasteiger partial charge on any atom is -0.465 e. The van der Waals surface area contributed by atoms with Crippen molar-refractivity contribution >= 4 is 40.6 Å². The number of rotatable bonds is 9. The molecule has 5 rings (SSSR count). The summed E-state index contributed by atoms with van der Waals surface area (Å²) in [5.74, 6) is 0.185. The Morgan fingerprint density at radius 3 is 2.47 bits per heavy atom. The summed E-state index contributed by atoms with van der Waals surface area (Å²) in [7, 11) is 0. The van der Waals surface area contributed by atoms with E-state index < -0.39 is 12.1 Å². The van der Waals surface area contributed by atoms with Crippen molar-refractivity contribution < 1.29 is 14.7 Å². The third-order valence-corrected chi connectivity index (χ3v) is 8.81. The van der Waals surface area contributed by atoms with Crippen LogP contribution in [0.2, 0.25) is 5.02 Å². The third-order valence-electron chi connectivity index (χ3n) is 8.55. The first kappa shape index (κ1) is 30.6. The molecule has 3 atom stereocenters. The maximum atomic E-state index is 13.2. The number of carbonyl (C=O) groups is 2. The smallest absolute Gasteiger partial charge is 0.408 e. The highest BCUT2D eigenvalue weighted by Crippen LogP contribution is 2.35. The van der Waals surface area contributed by atoms with Crippen LogP contribution in [0.15, 0.2) is 72.8 Å². The van der Waals surface area contributed by atoms with Crippen molar-refractivity contribution in [1.82, 2.24) is 19.8 Å². The van der Waals surface area contributed by atoms with Gasteiger partial charge in [0.1, 0.15) is 0 Å². The summed E-state index contributed by atoms with van der Waals surface area (Å²) in [6.45, 7) is 9.77. The van der Waals surface area contributed by atoms with Crippen molar-refractivity contribution in [2.45, 2.75) is 71.6 Å². The molecule has 3 aromatic carbocycles. The number of halogens is 1. The molecule has 3 unspecified atom stereocenters. The van der Waals surface area contributed by atoms with E-state index in [4.69, 9.17) is 16.6 Å². The summed E-state index contributed by atoms with van der Waals surface area (Å²) in [5, 5.41) is 17.6. The maximum absolute atomic E-state index is 13.2. The van der Waals surface area contributed by atoms with Gasteiger partial charge in [-0.3, -0.25) is 15.0 Å². The summed E-state index contributed by atoms with van der Waals surface area (Å²) >= 11 is 6.03. The summed E-state index contributed by atoms with van der Waals surface area (Å²) in [5.41, 5.74) is 3.70. The first-order valence-electron chi connectivity index (χ1n) is 14.9. The Bertz CT molecular complexity index is 1570. The largest absolute Gasteiger partial charge is 0.465 e. The number of nitrogens with one attached hydrogen (secondary N) is 2. The van der Waals surface area contributed by atoms with Gasteiger partial charge in [0.15, 0.2) is 0 Å². The number of amides is 2. The van der Waals surface area contributed by atoms with E-state index in [0.717, 1.165) is 36.0 Å². The molecule has 0 bridgehead atoms. The predicted octanol–water partition coefficient (Wildman–Crippen LogP) is 7.39. The first-order valence-corrected chi connectivity index (χ1v) is 15.2. The van der Waals surface area contributed by atoms with Gasteiger partial charge in [-0.05, 0) is 85.7 Å². The number of hydrogen-bond donors (Lipinski definition) is 3. The van der Waals surface area contributed by atoms with E-state index >= 15 is 0 Å². The van der Waals surface area contributed by atoms with Gasteiger partial charge in [-0.25, -0.2) is 9.78 Å². The minimum absolute atomic E-state index is 0.255. The Morgan fingerprint density at radius 1 is 1.12 bits per heavy atom. The molecule has 1 fully saturated rings. The second kappa shape index (κ2) is 12.8. The van der Waals surface area contributed by atoms with Gasteiger partial charge in [-0.15, -0.1) is 0 Å². The zero-order chi connectivity index (χ0) is 30.7. The highest BCUT2D eigenvalue weighted by atomic mass is 35.5. The summed E-state index contributed by atoms with van der Waals surface area (Å²) in [4.78, 5) is 32.5. The molecule has 2 amide bonds. The van der Waals surface area contributed by atoms with Crippen LogP contribution in [0.5, 0.6) is 0 Å². The van der Waals surface area contributed by atoms with Crippen molar-refractivity contribution in [3.8, 4) is 0 Å². The number of carboxylic acid groups (broad SMARTS) is 1. The SMILES string of the molecule is CC(N(C(=O)O)C(Cc1ccccc1)c1ccc2c(c1)nc(NC(=O)c1ccc(Cl)cc1)n2CC1CCCN1)C(C)(C)C. The minimum atomic E-state index is -0.961. The Labute approximate surface area is 258 Å². The number of nitrogens with zero attached hydrogens (tertiary/aromatic N) is 3. The van der Waals surface area contributed by atoms with Crippen LogP contribution in [0.1, 0.15) is 68.1 Å². The highest BCUT2D eigenvalue weighted by molar-refractivity contribution is 6.30. The fraction of sp³-hybridized carbons (Fsp3) is 0.382. The van der Waals surface area contributed by atoms with Crippen LogP contribution in [0, 0.1) is 5.41 Å². The Hall–Kier alpha value is -3.88. The van der Waals surface area contributed by atoms with Gasteiger partial charge in [-0.1, -0.05) is 68.8 Å². The van der Waals surface area contributed by atoms with E-state index in [2.05, 4.69) is 36.0 Å². The molecular formula is C34H40ClN5O3. The van der Waals surface area contributed by atoms with Crippen LogP contribution >= 0.6 is 11.6 Å². The van der Waals surface area contributed by atoms with Crippen molar-refractivity contribution in [2.75, 3.05) is 11.9 Å². The van der Waals surface area contributed by atoms with Crippen LogP contribution in [0.25, 0.3) is 11.0 Å². The number of aromatic nitrogens is 2. The van der Waals surface area contributed by atoms with Crippen LogP contribution in [0.3, 0.4) is 0 Å². The number of fused-ring (bicyclic) bond motifs is 1. The average Bonchev–Trinajstić information content (AvgIpc) is 3.60. The van der Waals surface area contributed by atoms with E-state index in [1.807, 2.05) is 55.5 Å².